The van der Waals surface area contributed by atoms with Crippen LogP contribution in [0.25, 0.3) is 6.08 Å². The molecule has 28 heavy (non-hydrogen) atoms. The zero-order valence-corrected chi connectivity index (χ0v) is 17.5. The number of methoxy groups -OCH3 is 2. The molecule has 0 bridgehead atoms. The van der Waals surface area contributed by atoms with Crippen LogP contribution in [0.5, 0.6) is 11.5 Å². The number of amides is 1. The minimum absolute atomic E-state index is 0.299. The number of halogens is 1. The lowest BCUT2D eigenvalue weighted by molar-refractivity contribution is -0.111. The molecule has 0 atom stereocenters. The third-order valence-electron chi connectivity index (χ3n) is 3.71. The fourth-order valence-electron chi connectivity index (χ4n) is 2.36. The topological polar surface area (TPSA) is 73.9 Å². The summed E-state index contributed by atoms with van der Waals surface area (Å²) in [5.74, 6) is 0.468. The van der Waals surface area contributed by atoms with Crippen molar-refractivity contribution in [1.29, 1.82) is 0 Å². The summed E-state index contributed by atoms with van der Waals surface area (Å²) < 4.78 is 16.3. The number of rotatable bonds is 8. The van der Waals surface area contributed by atoms with Gasteiger partial charge in [-0.25, -0.2) is 4.79 Å². The summed E-state index contributed by atoms with van der Waals surface area (Å²) in [6.45, 7) is 2.31. The number of benzene rings is 2. The third kappa shape index (κ3) is 5.85. The van der Waals surface area contributed by atoms with E-state index in [1.165, 1.54) is 6.08 Å². The molecule has 0 radical (unpaired) electrons. The van der Waals surface area contributed by atoms with Crippen LogP contribution in [-0.2, 0) is 9.53 Å². The van der Waals surface area contributed by atoms with Crippen LogP contribution in [0.3, 0.4) is 0 Å². The maximum atomic E-state index is 12.2. The predicted octanol–water partition coefficient (Wildman–Crippen LogP) is 4.69. The van der Waals surface area contributed by atoms with Crippen LogP contribution in [0, 0.1) is 0 Å². The minimum Gasteiger partial charge on any atom is -0.493 e. The first kappa shape index (κ1) is 21.5. The fraction of sp³-hybridized carbons (Fsp3) is 0.238. The second-order valence-corrected chi connectivity index (χ2v) is 6.63. The number of anilines is 1. The Bertz CT molecular complexity index is 862. The van der Waals surface area contributed by atoms with Gasteiger partial charge in [0.1, 0.15) is 0 Å². The zero-order valence-electron chi connectivity index (χ0n) is 16.0. The maximum absolute atomic E-state index is 12.2. The molecule has 6 nitrogen and oxygen atoms in total. The molecule has 2 aromatic carbocycles. The van der Waals surface area contributed by atoms with Crippen LogP contribution in [0.1, 0.15) is 29.3 Å². The van der Waals surface area contributed by atoms with E-state index in [9.17, 15) is 9.59 Å². The van der Waals surface area contributed by atoms with E-state index in [0.29, 0.717) is 29.4 Å². The molecule has 0 unspecified atom stereocenters. The molecular weight excluding hydrogens is 426 g/mol. The van der Waals surface area contributed by atoms with Crippen molar-refractivity contribution in [3.8, 4) is 11.5 Å². The van der Waals surface area contributed by atoms with Crippen LogP contribution in [-0.4, -0.2) is 32.7 Å². The molecule has 0 fully saturated rings. The Morgan fingerprint density at radius 1 is 1.11 bits per heavy atom. The number of carbonyl (C=O) groups is 2. The number of esters is 1. The highest BCUT2D eigenvalue weighted by molar-refractivity contribution is 9.10. The molecule has 2 rings (SSSR count). The largest absolute Gasteiger partial charge is 0.493 e. The van der Waals surface area contributed by atoms with Crippen molar-refractivity contribution in [1.82, 2.24) is 0 Å². The molecular formula is C21H22BrNO5. The number of nitrogens with one attached hydrogen (secondary N) is 1. The maximum Gasteiger partial charge on any atom is 0.338 e. The van der Waals surface area contributed by atoms with E-state index in [1.807, 2.05) is 13.0 Å². The number of carbonyl (C=O) groups excluding carboxylic acids is 2. The van der Waals surface area contributed by atoms with E-state index < -0.39 is 0 Å². The third-order valence-corrected chi connectivity index (χ3v) is 4.30. The predicted molar refractivity (Wildman–Crippen MR) is 112 cm³/mol. The molecule has 0 aromatic heterocycles. The summed E-state index contributed by atoms with van der Waals surface area (Å²) in [6.07, 6.45) is 3.85. The molecule has 7 heteroatoms. The highest BCUT2D eigenvalue weighted by atomic mass is 79.9. The van der Waals surface area contributed by atoms with Crippen molar-refractivity contribution < 1.29 is 23.8 Å². The SMILES string of the molecule is CCCOC(=O)c1ccc(NC(=O)/C=C/c2cc(Br)c(OC)c(OC)c2)cc1. The zero-order chi connectivity index (χ0) is 20.5. The molecule has 0 spiro atoms. The molecule has 0 heterocycles. The average Bonchev–Trinajstić information content (AvgIpc) is 2.70. The van der Waals surface area contributed by atoms with Gasteiger partial charge in [0, 0.05) is 11.8 Å². The molecule has 0 saturated heterocycles. The van der Waals surface area contributed by atoms with Gasteiger partial charge >= 0.3 is 5.97 Å². The summed E-state index contributed by atoms with van der Waals surface area (Å²) in [5.41, 5.74) is 1.79. The normalized spacial score (nSPS) is 10.6. The van der Waals surface area contributed by atoms with Crippen molar-refractivity contribution in [3.05, 3.63) is 58.1 Å². The second kappa shape index (κ2) is 10.5. The summed E-state index contributed by atoms with van der Waals surface area (Å²) in [6, 6.07) is 10.1. The summed E-state index contributed by atoms with van der Waals surface area (Å²) in [7, 11) is 3.10. The van der Waals surface area contributed by atoms with Crippen molar-refractivity contribution in [2.24, 2.45) is 0 Å². The van der Waals surface area contributed by atoms with Crippen LogP contribution in [0.15, 0.2) is 46.9 Å². The van der Waals surface area contributed by atoms with Crippen molar-refractivity contribution in [2.45, 2.75) is 13.3 Å². The first-order valence-electron chi connectivity index (χ1n) is 8.66. The van der Waals surface area contributed by atoms with E-state index >= 15 is 0 Å². The van der Waals surface area contributed by atoms with Crippen LogP contribution in [0.4, 0.5) is 5.69 Å². The van der Waals surface area contributed by atoms with Gasteiger partial charge < -0.3 is 19.5 Å². The summed E-state index contributed by atoms with van der Waals surface area (Å²) >= 11 is 3.42. The average molecular weight is 448 g/mol. The van der Waals surface area contributed by atoms with Gasteiger partial charge in [0.2, 0.25) is 5.91 Å². The first-order chi connectivity index (χ1) is 13.5. The molecule has 1 amide bonds. The molecule has 1 N–H and O–H groups in total. The molecule has 0 aliphatic rings. The Morgan fingerprint density at radius 2 is 1.82 bits per heavy atom. The minimum atomic E-state index is -0.376. The molecule has 2 aromatic rings. The van der Waals surface area contributed by atoms with Crippen molar-refractivity contribution in [3.63, 3.8) is 0 Å². The Labute approximate surface area is 172 Å². The van der Waals surface area contributed by atoms with Crippen molar-refractivity contribution >= 4 is 39.6 Å². The summed E-state index contributed by atoms with van der Waals surface area (Å²) in [5, 5.41) is 2.74. The van der Waals surface area contributed by atoms with Gasteiger partial charge in [-0.1, -0.05) is 6.92 Å². The van der Waals surface area contributed by atoms with Gasteiger partial charge in [0.05, 0.1) is 30.9 Å². The number of hydrogen-bond acceptors (Lipinski definition) is 5. The quantitative estimate of drug-likeness (QED) is 0.469. The Balaban J connectivity index is 2.02. The van der Waals surface area contributed by atoms with E-state index in [-0.39, 0.29) is 11.9 Å². The van der Waals surface area contributed by atoms with Gasteiger partial charge in [0.15, 0.2) is 11.5 Å². The second-order valence-electron chi connectivity index (χ2n) is 5.77. The van der Waals surface area contributed by atoms with E-state index in [4.69, 9.17) is 14.2 Å². The Kier molecular flexibility index (Phi) is 8.07. The van der Waals surface area contributed by atoms with Gasteiger partial charge in [-0.2, -0.15) is 0 Å². The molecule has 148 valence electrons. The van der Waals surface area contributed by atoms with Crippen LogP contribution >= 0.6 is 15.9 Å². The lowest BCUT2D eigenvalue weighted by Gasteiger charge is -2.10. The van der Waals surface area contributed by atoms with Gasteiger partial charge in [0.25, 0.3) is 0 Å². The first-order valence-corrected chi connectivity index (χ1v) is 9.45. The molecule has 0 aliphatic heterocycles. The van der Waals surface area contributed by atoms with E-state index in [1.54, 1.807) is 50.6 Å². The van der Waals surface area contributed by atoms with Crippen LogP contribution < -0.4 is 14.8 Å². The van der Waals surface area contributed by atoms with Gasteiger partial charge in [-0.3, -0.25) is 4.79 Å². The van der Waals surface area contributed by atoms with Crippen molar-refractivity contribution in [2.75, 3.05) is 26.1 Å². The van der Waals surface area contributed by atoms with Crippen LogP contribution in [0.2, 0.25) is 0 Å². The Morgan fingerprint density at radius 3 is 2.43 bits per heavy atom. The molecule has 0 aliphatic carbocycles. The smallest absolute Gasteiger partial charge is 0.338 e. The van der Waals surface area contributed by atoms with Gasteiger partial charge in [-0.05, 0) is 70.4 Å². The monoisotopic (exact) mass is 447 g/mol. The fourth-order valence-corrected chi connectivity index (χ4v) is 2.98. The highest BCUT2D eigenvalue weighted by Gasteiger charge is 2.10. The summed E-state index contributed by atoms with van der Waals surface area (Å²) in [4.78, 5) is 23.9. The lowest BCUT2D eigenvalue weighted by Crippen LogP contribution is -2.09. The van der Waals surface area contributed by atoms with E-state index in [2.05, 4.69) is 21.2 Å². The Hall–Kier alpha value is -2.80. The highest BCUT2D eigenvalue weighted by Crippen LogP contribution is 2.36. The standard InChI is InChI=1S/C21H22BrNO5/c1-4-11-28-21(25)15-6-8-16(9-7-15)23-19(24)10-5-14-12-17(22)20(27-3)18(13-14)26-2/h5-10,12-13H,4,11H2,1-3H3,(H,23,24)/b10-5+. The number of ether oxygens (including phenoxy) is 3. The van der Waals surface area contributed by atoms with Gasteiger partial charge in [-0.15, -0.1) is 0 Å². The lowest BCUT2D eigenvalue weighted by atomic mass is 10.2. The molecule has 0 saturated carbocycles. The van der Waals surface area contributed by atoms with E-state index in [0.717, 1.165) is 16.5 Å². The number of hydrogen-bond donors (Lipinski definition) is 1.